The van der Waals surface area contributed by atoms with Crippen molar-refractivity contribution in [3.63, 3.8) is 0 Å². The maximum Gasteiger partial charge on any atom is 0.0474 e. The van der Waals surface area contributed by atoms with Crippen LogP contribution >= 0.6 is 11.8 Å². The van der Waals surface area contributed by atoms with Gasteiger partial charge in [0.1, 0.15) is 0 Å². The summed E-state index contributed by atoms with van der Waals surface area (Å²) in [6.07, 6.45) is 9.19. The molecule has 1 heterocycles. The molecule has 1 saturated carbocycles. The van der Waals surface area contributed by atoms with E-state index in [2.05, 4.69) is 17.1 Å². The standard InChI is InChI=1S/C13H25NOS/c15-9-11-5-2-1-3-7-13(11)14-12-6-4-8-16-10-12/h11-15H,1-10H2. The average Bonchev–Trinajstić information content (AvgIpc) is 2.55. The Bertz CT molecular complexity index is 194. The highest BCUT2D eigenvalue weighted by Crippen LogP contribution is 2.25. The molecule has 3 heteroatoms. The van der Waals surface area contributed by atoms with Crippen molar-refractivity contribution in [2.24, 2.45) is 5.92 Å². The molecule has 0 amide bonds. The van der Waals surface area contributed by atoms with Crippen molar-refractivity contribution in [1.29, 1.82) is 0 Å². The molecule has 3 unspecified atom stereocenters. The maximum atomic E-state index is 9.47. The fourth-order valence-corrected chi connectivity index (χ4v) is 4.08. The third-order valence-corrected chi connectivity index (χ3v) is 5.22. The van der Waals surface area contributed by atoms with E-state index in [-0.39, 0.29) is 0 Å². The van der Waals surface area contributed by atoms with Crippen molar-refractivity contribution in [1.82, 2.24) is 5.32 Å². The third kappa shape index (κ3) is 3.64. The molecule has 0 spiro atoms. The van der Waals surface area contributed by atoms with Gasteiger partial charge in [0.25, 0.3) is 0 Å². The molecular formula is C13H25NOS. The lowest BCUT2D eigenvalue weighted by Crippen LogP contribution is -2.45. The molecule has 94 valence electrons. The summed E-state index contributed by atoms with van der Waals surface area (Å²) in [4.78, 5) is 0. The van der Waals surface area contributed by atoms with Gasteiger partial charge in [-0.2, -0.15) is 11.8 Å². The largest absolute Gasteiger partial charge is 0.396 e. The van der Waals surface area contributed by atoms with Gasteiger partial charge in [0, 0.05) is 24.4 Å². The SMILES string of the molecule is OCC1CCCCCC1NC1CCCSC1. The molecule has 2 rings (SSSR count). The molecule has 0 aromatic heterocycles. The molecule has 0 aromatic carbocycles. The minimum atomic E-state index is 0.373. The van der Waals surface area contributed by atoms with Crippen LogP contribution in [0.3, 0.4) is 0 Å². The fourth-order valence-electron chi connectivity index (χ4n) is 3.00. The van der Waals surface area contributed by atoms with Crippen LogP contribution in [0.5, 0.6) is 0 Å². The van der Waals surface area contributed by atoms with E-state index in [1.165, 1.54) is 56.5 Å². The molecule has 0 bridgehead atoms. The summed E-state index contributed by atoms with van der Waals surface area (Å²) in [6.45, 7) is 0.373. The van der Waals surface area contributed by atoms with E-state index in [4.69, 9.17) is 0 Å². The summed E-state index contributed by atoms with van der Waals surface area (Å²) in [6, 6.07) is 1.28. The van der Waals surface area contributed by atoms with Crippen molar-refractivity contribution in [2.75, 3.05) is 18.1 Å². The van der Waals surface area contributed by atoms with Crippen LogP contribution in [0.15, 0.2) is 0 Å². The van der Waals surface area contributed by atoms with Gasteiger partial charge in [-0.05, 0) is 37.4 Å². The van der Waals surface area contributed by atoms with Gasteiger partial charge in [0.2, 0.25) is 0 Å². The average molecular weight is 243 g/mol. The molecule has 1 aliphatic carbocycles. The Morgan fingerprint density at radius 3 is 2.69 bits per heavy atom. The highest BCUT2D eigenvalue weighted by atomic mass is 32.2. The van der Waals surface area contributed by atoms with Crippen LogP contribution in [-0.2, 0) is 0 Å². The summed E-state index contributed by atoms with van der Waals surface area (Å²) >= 11 is 2.08. The smallest absolute Gasteiger partial charge is 0.0474 e. The second kappa shape index (κ2) is 6.87. The topological polar surface area (TPSA) is 32.3 Å². The van der Waals surface area contributed by atoms with Crippen LogP contribution in [0.4, 0.5) is 0 Å². The van der Waals surface area contributed by atoms with Gasteiger partial charge >= 0.3 is 0 Å². The zero-order valence-electron chi connectivity index (χ0n) is 10.2. The van der Waals surface area contributed by atoms with Gasteiger partial charge in [0.05, 0.1) is 0 Å². The minimum Gasteiger partial charge on any atom is -0.396 e. The van der Waals surface area contributed by atoms with Gasteiger partial charge in [-0.3, -0.25) is 0 Å². The van der Waals surface area contributed by atoms with Crippen molar-refractivity contribution >= 4 is 11.8 Å². The molecule has 16 heavy (non-hydrogen) atoms. The van der Waals surface area contributed by atoms with Crippen molar-refractivity contribution in [2.45, 2.75) is 57.0 Å². The quantitative estimate of drug-likeness (QED) is 0.747. The molecule has 2 N–H and O–H groups in total. The van der Waals surface area contributed by atoms with E-state index in [9.17, 15) is 5.11 Å². The number of aliphatic hydroxyl groups excluding tert-OH is 1. The van der Waals surface area contributed by atoms with E-state index >= 15 is 0 Å². The second-order valence-electron chi connectivity index (χ2n) is 5.27. The van der Waals surface area contributed by atoms with Crippen LogP contribution in [0.2, 0.25) is 0 Å². The van der Waals surface area contributed by atoms with Crippen LogP contribution < -0.4 is 5.32 Å². The number of hydrogen-bond donors (Lipinski definition) is 2. The second-order valence-corrected chi connectivity index (χ2v) is 6.42. The number of hydrogen-bond acceptors (Lipinski definition) is 3. The first-order chi connectivity index (χ1) is 7.90. The van der Waals surface area contributed by atoms with E-state index in [0.29, 0.717) is 24.6 Å². The molecule has 0 radical (unpaired) electrons. The van der Waals surface area contributed by atoms with E-state index in [1.54, 1.807) is 0 Å². The van der Waals surface area contributed by atoms with E-state index in [1.807, 2.05) is 0 Å². The molecule has 3 atom stereocenters. The predicted molar refractivity (Wildman–Crippen MR) is 70.9 cm³/mol. The predicted octanol–water partition coefficient (Wildman–Crippen LogP) is 2.41. The Kier molecular flexibility index (Phi) is 5.46. The molecule has 1 aliphatic heterocycles. The van der Waals surface area contributed by atoms with Gasteiger partial charge < -0.3 is 10.4 Å². The first kappa shape index (κ1) is 12.7. The number of nitrogens with one attached hydrogen (secondary N) is 1. The van der Waals surface area contributed by atoms with Crippen LogP contribution in [0.1, 0.15) is 44.9 Å². The Morgan fingerprint density at radius 2 is 1.94 bits per heavy atom. The monoisotopic (exact) mass is 243 g/mol. The molecule has 2 aliphatic rings. The van der Waals surface area contributed by atoms with Crippen molar-refractivity contribution in [3.8, 4) is 0 Å². The number of aliphatic hydroxyl groups is 1. The van der Waals surface area contributed by atoms with Crippen LogP contribution in [0, 0.1) is 5.92 Å². The van der Waals surface area contributed by atoms with Crippen molar-refractivity contribution in [3.05, 3.63) is 0 Å². The summed E-state index contributed by atoms with van der Waals surface area (Å²) in [5.41, 5.74) is 0. The Balaban J connectivity index is 1.83. The lowest BCUT2D eigenvalue weighted by Gasteiger charge is -2.31. The summed E-state index contributed by atoms with van der Waals surface area (Å²) in [5.74, 6) is 3.12. The zero-order chi connectivity index (χ0) is 11.2. The highest BCUT2D eigenvalue weighted by Gasteiger charge is 2.25. The van der Waals surface area contributed by atoms with Crippen molar-refractivity contribution < 1.29 is 5.11 Å². The molecule has 0 aromatic rings. The Labute approximate surface area is 104 Å². The maximum absolute atomic E-state index is 9.47. The fraction of sp³-hybridized carbons (Fsp3) is 1.00. The first-order valence-electron chi connectivity index (χ1n) is 6.85. The number of rotatable bonds is 3. The minimum absolute atomic E-state index is 0.373. The molecular weight excluding hydrogens is 218 g/mol. The zero-order valence-corrected chi connectivity index (χ0v) is 11.0. The van der Waals surface area contributed by atoms with Gasteiger partial charge in [-0.15, -0.1) is 0 Å². The van der Waals surface area contributed by atoms with E-state index < -0.39 is 0 Å². The number of thioether (sulfide) groups is 1. The van der Waals surface area contributed by atoms with Gasteiger partial charge in [0.15, 0.2) is 0 Å². The van der Waals surface area contributed by atoms with Gasteiger partial charge in [-0.25, -0.2) is 0 Å². The first-order valence-corrected chi connectivity index (χ1v) is 8.00. The molecule has 1 saturated heterocycles. The lowest BCUT2D eigenvalue weighted by molar-refractivity contribution is 0.175. The van der Waals surface area contributed by atoms with Crippen LogP contribution in [0.25, 0.3) is 0 Å². The van der Waals surface area contributed by atoms with Gasteiger partial charge in [-0.1, -0.05) is 19.3 Å². The van der Waals surface area contributed by atoms with Crippen LogP contribution in [-0.4, -0.2) is 35.3 Å². The third-order valence-electron chi connectivity index (χ3n) is 4.00. The summed E-state index contributed by atoms with van der Waals surface area (Å²) in [5, 5.41) is 13.3. The van der Waals surface area contributed by atoms with E-state index in [0.717, 1.165) is 0 Å². The highest BCUT2D eigenvalue weighted by molar-refractivity contribution is 7.99. The summed E-state index contributed by atoms with van der Waals surface area (Å²) < 4.78 is 0. The molecule has 2 nitrogen and oxygen atoms in total. The molecule has 2 fully saturated rings. The Morgan fingerprint density at radius 1 is 1.06 bits per heavy atom. The lowest BCUT2D eigenvalue weighted by atomic mass is 9.94. The Hall–Kier alpha value is 0.270. The normalized spacial score (nSPS) is 36.9. The summed E-state index contributed by atoms with van der Waals surface area (Å²) in [7, 11) is 0.